The van der Waals surface area contributed by atoms with Crippen LogP contribution >= 0.6 is 7.60 Å². The average Bonchev–Trinajstić information content (AvgIpc) is 2.15. The van der Waals surface area contributed by atoms with E-state index in [0.29, 0.717) is 0 Å². The lowest BCUT2D eigenvalue weighted by molar-refractivity contribution is 0.156. The van der Waals surface area contributed by atoms with Gasteiger partial charge in [0.25, 0.3) is 0 Å². The van der Waals surface area contributed by atoms with Crippen LogP contribution in [0.2, 0.25) is 0 Å². The zero-order valence-corrected chi connectivity index (χ0v) is 10.3. The van der Waals surface area contributed by atoms with Crippen molar-refractivity contribution in [1.29, 1.82) is 0 Å². The molecule has 0 aliphatic rings. The number of aliphatic hydroxyl groups excluding tert-OH is 1. The van der Waals surface area contributed by atoms with Crippen molar-refractivity contribution in [2.45, 2.75) is 20.0 Å². The van der Waals surface area contributed by atoms with Crippen molar-refractivity contribution in [3.8, 4) is 0 Å². The summed E-state index contributed by atoms with van der Waals surface area (Å²) in [6, 6.07) is 0. The van der Waals surface area contributed by atoms with Crippen molar-refractivity contribution in [2.75, 3.05) is 25.9 Å². The maximum atomic E-state index is 11.9. The minimum absolute atomic E-state index is 0.205. The minimum atomic E-state index is -3.32. The van der Waals surface area contributed by atoms with Gasteiger partial charge in [0, 0.05) is 6.54 Å². The standard InChI is InChI=1S/C8H18NO6P/c1-3-14-16(13,15-4-2)6-7(10)5-9-8(11)12/h7,9-10H,3-6H2,1-2H3,(H,11,12). The van der Waals surface area contributed by atoms with E-state index in [-0.39, 0.29) is 25.9 Å². The van der Waals surface area contributed by atoms with Gasteiger partial charge in [-0.25, -0.2) is 4.79 Å². The third-order valence-electron chi connectivity index (χ3n) is 1.57. The fourth-order valence-electron chi connectivity index (χ4n) is 1.06. The number of nitrogens with one attached hydrogen (secondary N) is 1. The van der Waals surface area contributed by atoms with Gasteiger partial charge in [-0.3, -0.25) is 4.57 Å². The molecule has 16 heavy (non-hydrogen) atoms. The first kappa shape index (κ1) is 15.4. The first-order chi connectivity index (χ1) is 7.43. The van der Waals surface area contributed by atoms with Crippen LogP contribution in [0.1, 0.15) is 13.8 Å². The number of carbonyl (C=O) groups is 1. The predicted octanol–water partition coefficient (Wildman–Crippen LogP) is 0.881. The highest BCUT2D eigenvalue weighted by Crippen LogP contribution is 2.48. The van der Waals surface area contributed by atoms with Crippen molar-refractivity contribution in [1.82, 2.24) is 5.32 Å². The molecule has 96 valence electrons. The van der Waals surface area contributed by atoms with E-state index in [1.165, 1.54) is 0 Å². The smallest absolute Gasteiger partial charge is 0.404 e. The van der Waals surface area contributed by atoms with E-state index in [1.54, 1.807) is 13.8 Å². The Kier molecular flexibility index (Phi) is 7.33. The molecular formula is C8H18NO6P. The number of hydrogen-bond acceptors (Lipinski definition) is 5. The van der Waals surface area contributed by atoms with Crippen molar-refractivity contribution >= 4 is 13.7 Å². The topological polar surface area (TPSA) is 105 Å². The number of carboxylic acid groups (broad SMARTS) is 1. The molecule has 0 rings (SSSR count). The Morgan fingerprint density at radius 1 is 1.38 bits per heavy atom. The second-order valence-electron chi connectivity index (χ2n) is 2.97. The summed E-state index contributed by atoms with van der Waals surface area (Å²) in [7, 11) is -3.32. The van der Waals surface area contributed by atoms with Gasteiger partial charge >= 0.3 is 13.7 Å². The summed E-state index contributed by atoms with van der Waals surface area (Å²) < 4.78 is 21.8. The van der Waals surface area contributed by atoms with E-state index in [0.717, 1.165) is 0 Å². The average molecular weight is 255 g/mol. The van der Waals surface area contributed by atoms with Gasteiger partial charge in [0.05, 0.1) is 25.5 Å². The lowest BCUT2D eigenvalue weighted by atomic mass is 10.4. The molecule has 0 aromatic heterocycles. The van der Waals surface area contributed by atoms with Gasteiger partial charge in [0.2, 0.25) is 0 Å². The first-order valence-corrected chi connectivity index (χ1v) is 6.69. The van der Waals surface area contributed by atoms with Gasteiger partial charge in [0.1, 0.15) is 0 Å². The van der Waals surface area contributed by atoms with Crippen molar-refractivity contribution in [3.05, 3.63) is 0 Å². The Morgan fingerprint density at radius 3 is 2.25 bits per heavy atom. The molecule has 8 heteroatoms. The normalized spacial score (nSPS) is 13.4. The lowest BCUT2D eigenvalue weighted by Gasteiger charge is -2.19. The molecule has 0 saturated heterocycles. The molecule has 0 heterocycles. The highest BCUT2D eigenvalue weighted by atomic mass is 31.2. The summed E-state index contributed by atoms with van der Waals surface area (Å²) in [5, 5.41) is 19.7. The first-order valence-electron chi connectivity index (χ1n) is 4.96. The molecule has 0 saturated carbocycles. The highest BCUT2D eigenvalue weighted by molar-refractivity contribution is 7.53. The second kappa shape index (κ2) is 7.62. The third kappa shape index (κ3) is 6.79. The summed E-state index contributed by atoms with van der Waals surface area (Å²) in [6.45, 7) is 3.52. The van der Waals surface area contributed by atoms with Crippen molar-refractivity contribution in [3.63, 3.8) is 0 Å². The number of hydrogen-bond donors (Lipinski definition) is 3. The third-order valence-corrected chi connectivity index (χ3v) is 3.75. The maximum absolute atomic E-state index is 11.9. The molecule has 0 aromatic rings. The molecule has 7 nitrogen and oxygen atoms in total. The summed E-state index contributed by atoms with van der Waals surface area (Å²) in [5.41, 5.74) is 0. The van der Waals surface area contributed by atoms with Crippen LogP contribution in [0, 0.1) is 0 Å². The Morgan fingerprint density at radius 2 is 1.88 bits per heavy atom. The van der Waals surface area contributed by atoms with Gasteiger partial charge in [-0.05, 0) is 13.8 Å². The largest absolute Gasteiger partial charge is 0.465 e. The molecule has 1 amide bonds. The Labute approximate surface area is 94.3 Å². The summed E-state index contributed by atoms with van der Waals surface area (Å²) in [6.07, 6.45) is -2.57. The zero-order chi connectivity index (χ0) is 12.6. The van der Waals surface area contributed by atoms with Crippen molar-refractivity contribution in [2.24, 2.45) is 0 Å². The monoisotopic (exact) mass is 255 g/mol. The van der Waals surface area contributed by atoms with Crippen LogP contribution in [0.25, 0.3) is 0 Å². The van der Waals surface area contributed by atoms with Gasteiger partial charge < -0.3 is 24.6 Å². The summed E-state index contributed by atoms with van der Waals surface area (Å²) in [4.78, 5) is 10.2. The van der Waals surface area contributed by atoms with E-state index in [4.69, 9.17) is 14.2 Å². The van der Waals surface area contributed by atoms with Crippen LogP contribution < -0.4 is 5.32 Å². The Hall–Kier alpha value is -0.620. The van der Waals surface area contributed by atoms with E-state index >= 15 is 0 Å². The van der Waals surface area contributed by atoms with E-state index in [1.807, 2.05) is 5.32 Å². The van der Waals surface area contributed by atoms with Gasteiger partial charge in [-0.2, -0.15) is 0 Å². The Bertz CT molecular complexity index is 249. The van der Waals surface area contributed by atoms with Crippen LogP contribution in [-0.2, 0) is 13.6 Å². The molecule has 0 aromatic carbocycles. The fraction of sp³-hybridized carbons (Fsp3) is 0.875. The quantitative estimate of drug-likeness (QED) is 0.556. The molecule has 1 unspecified atom stereocenters. The van der Waals surface area contributed by atoms with E-state index in [2.05, 4.69) is 0 Å². The Balaban J connectivity index is 4.17. The lowest BCUT2D eigenvalue weighted by Crippen LogP contribution is -2.33. The van der Waals surface area contributed by atoms with Gasteiger partial charge in [-0.1, -0.05) is 0 Å². The van der Waals surface area contributed by atoms with Crippen molar-refractivity contribution < 1.29 is 28.6 Å². The molecule has 0 bridgehead atoms. The van der Waals surface area contributed by atoms with Gasteiger partial charge in [-0.15, -0.1) is 0 Å². The van der Waals surface area contributed by atoms with Crippen LogP contribution in [0.3, 0.4) is 0 Å². The van der Waals surface area contributed by atoms with Crippen LogP contribution in [0.15, 0.2) is 0 Å². The van der Waals surface area contributed by atoms with Crippen LogP contribution in [0.4, 0.5) is 4.79 Å². The number of amides is 1. The molecule has 1 atom stereocenters. The molecule has 0 spiro atoms. The minimum Gasteiger partial charge on any atom is -0.465 e. The molecular weight excluding hydrogens is 237 g/mol. The fourth-order valence-corrected chi connectivity index (χ4v) is 2.78. The molecule has 0 radical (unpaired) electrons. The SMILES string of the molecule is CCOP(=O)(CC(O)CNC(=O)O)OCC. The van der Waals surface area contributed by atoms with Crippen LogP contribution in [0.5, 0.6) is 0 Å². The number of rotatable bonds is 8. The predicted molar refractivity (Wildman–Crippen MR) is 57.8 cm³/mol. The number of aliphatic hydroxyl groups is 1. The molecule has 3 N–H and O–H groups in total. The highest BCUT2D eigenvalue weighted by Gasteiger charge is 2.27. The second-order valence-corrected chi connectivity index (χ2v) is 5.07. The summed E-state index contributed by atoms with van der Waals surface area (Å²) >= 11 is 0. The van der Waals surface area contributed by atoms with Gasteiger partial charge in [0.15, 0.2) is 0 Å². The van der Waals surface area contributed by atoms with E-state index < -0.39 is 19.8 Å². The molecule has 0 aliphatic carbocycles. The summed E-state index contributed by atoms with van der Waals surface area (Å²) in [5.74, 6) is 0. The molecule has 0 aliphatic heterocycles. The van der Waals surface area contributed by atoms with E-state index in [9.17, 15) is 14.5 Å². The zero-order valence-electron chi connectivity index (χ0n) is 9.38. The molecule has 0 fully saturated rings. The maximum Gasteiger partial charge on any atom is 0.404 e. The van der Waals surface area contributed by atoms with Crippen LogP contribution in [-0.4, -0.2) is 48.3 Å².